The first-order valence-corrected chi connectivity index (χ1v) is 5.19. The standard InChI is InChI=1S/C9H14N2S/c1-5(2)8-9-7(4-10-8)12-6(3)11-9/h5,8,10H,4H2,1-3H3. The van der Waals surface area contributed by atoms with Gasteiger partial charge in [-0.2, -0.15) is 0 Å². The van der Waals surface area contributed by atoms with Gasteiger partial charge in [0.1, 0.15) is 0 Å². The van der Waals surface area contributed by atoms with E-state index in [1.165, 1.54) is 15.6 Å². The van der Waals surface area contributed by atoms with E-state index >= 15 is 0 Å². The molecule has 0 bridgehead atoms. The number of thiazole rings is 1. The van der Waals surface area contributed by atoms with Gasteiger partial charge in [-0.15, -0.1) is 11.3 Å². The number of aromatic nitrogens is 1. The van der Waals surface area contributed by atoms with Crippen LogP contribution in [-0.4, -0.2) is 4.98 Å². The summed E-state index contributed by atoms with van der Waals surface area (Å²) >= 11 is 1.82. The van der Waals surface area contributed by atoms with Gasteiger partial charge in [0.25, 0.3) is 0 Å². The van der Waals surface area contributed by atoms with Crippen LogP contribution in [0.4, 0.5) is 0 Å². The second-order valence-electron chi connectivity index (χ2n) is 3.64. The summed E-state index contributed by atoms with van der Waals surface area (Å²) in [6, 6.07) is 0.491. The zero-order valence-electron chi connectivity index (χ0n) is 7.72. The van der Waals surface area contributed by atoms with Crippen LogP contribution in [0.3, 0.4) is 0 Å². The van der Waals surface area contributed by atoms with E-state index in [0.29, 0.717) is 12.0 Å². The molecule has 1 aromatic rings. The fraction of sp³-hybridized carbons (Fsp3) is 0.667. The minimum absolute atomic E-state index is 0.491. The van der Waals surface area contributed by atoms with Crippen LogP contribution in [0.15, 0.2) is 0 Å². The molecule has 0 saturated carbocycles. The Hall–Kier alpha value is -0.410. The van der Waals surface area contributed by atoms with Gasteiger partial charge in [0.2, 0.25) is 0 Å². The molecular formula is C9H14N2S. The van der Waals surface area contributed by atoms with Gasteiger partial charge in [0.15, 0.2) is 0 Å². The summed E-state index contributed by atoms with van der Waals surface area (Å²) in [5, 5.41) is 4.68. The van der Waals surface area contributed by atoms with Gasteiger partial charge in [-0.05, 0) is 12.8 Å². The highest BCUT2D eigenvalue weighted by Crippen LogP contribution is 2.33. The summed E-state index contributed by atoms with van der Waals surface area (Å²) in [7, 11) is 0. The zero-order valence-corrected chi connectivity index (χ0v) is 8.53. The molecule has 1 N–H and O–H groups in total. The molecule has 66 valence electrons. The third kappa shape index (κ3) is 1.17. The van der Waals surface area contributed by atoms with Gasteiger partial charge >= 0.3 is 0 Å². The lowest BCUT2D eigenvalue weighted by molar-refractivity contribution is 0.434. The third-order valence-electron chi connectivity index (χ3n) is 2.28. The maximum atomic E-state index is 4.55. The molecule has 3 heteroatoms. The summed E-state index contributed by atoms with van der Waals surface area (Å²) in [5.41, 5.74) is 1.30. The Morgan fingerprint density at radius 1 is 1.58 bits per heavy atom. The van der Waals surface area contributed by atoms with E-state index in [1.807, 2.05) is 11.3 Å². The average molecular weight is 182 g/mol. The molecule has 0 radical (unpaired) electrons. The van der Waals surface area contributed by atoms with Crippen molar-refractivity contribution in [2.75, 3.05) is 0 Å². The lowest BCUT2D eigenvalue weighted by Crippen LogP contribution is -2.18. The van der Waals surface area contributed by atoms with Crippen LogP contribution in [0.1, 0.15) is 35.5 Å². The number of nitrogens with zero attached hydrogens (tertiary/aromatic N) is 1. The minimum atomic E-state index is 0.491. The van der Waals surface area contributed by atoms with Crippen LogP contribution in [-0.2, 0) is 6.54 Å². The van der Waals surface area contributed by atoms with Crippen LogP contribution in [0.5, 0.6) is 0 Å². The maximum absolute atomic E-state index is 4.55. The Morgan fingerprint density at radius 3 is 3.00 bits per heavy atom. The predicted octanol–water partition coefficient (Wildman–Crippen LogP) is 2.25. The highest BCUT2D eigenvalue weighted by atomic mass is 32.1. The molecule has 12 heavy (non-hydrogen) atoms. The summed E-state index contributed by atoms with van der Waals surface area (Å²) in [4.78, 5) is 5.99. The number of fused-ring (bicyclic) bond motifs is 1. The summed E-state index contributed by atoms with van der Waals surface area (Å²) in [5.74, 6) is 0.646. The fourth-order valence-corrected chi connectivity index (χ4v) is 2.64. The Bertz CT molecular complexity index is 291. The van der Waals surface area contributed by atoms with Crippen molar-refractivity contribution >= 4 is 11.3 Å². The van der Waals surface area contributed by atoms with E-state index in [1.54, 1.807) is 0 Å². The lowest BCUT2D eigenvalue weighted by atomic mass is 10.0. The number of hydrogen-bond donors (Lipinski definition) is 1. The molecule has 1 unspecified atom stereocenters. The van der Waals surface area contributed by atoms with Crippen LogP contribution in [0, 0.1) is 12.8 Å². The van der Waals surface area contributed by atoms with Gasteiger partial charge in [-0.3, -0.25) is 0 Å². The first kappa shape index (κ1) is 8.20. The molecule has 1 atom stereocenters. The SMILES string of the molecule is Cc1nc2c(s1)CNC2C(C)C. The first-order valence-electron chi connectivity index (χ1n) is 4.38. The quantitative estimate of drug-likeness (QED) is 0.720. The van der Waals surface area contributed by atoms with Gasteiger partial charge in [0, 0.05) is 11.4 Å². The maximum Gasteiger partial charge on any atom is 0.0901 e. The Kier molecular flexibility index (Phi) is 1.93. The van der Waals surface area contributed by atoms with Gasteiger partial charge in [0.05, 0.1) is 16.7 Å². The van der Waals surface area contributed by atoms with Crippen LogP contribution < -0.4 is 5.32 Å². The normalized spacial score (nSPS) is 21.8. The molecule has 0 spiro atoms. The highest BCUT2D eigenvalue weighted by molar-refractivity contribution is 7.11. The Labute approximate surface area is 77.0 Å². The van der Waals surface area contributed by atoms with Gasteiger partial charge in [-0.1, -0.05) is 13.8 Å². The van der Waals surface area contributed by atoms with Crippen molar-refractivity contribution in [3.05, 3.63) is 15.6 Å². The fourth-order valence-electron chi connectivity index (χ4n) is 1.71. The molecule has 0 saturated heterocycles. The van der Waals surface area contributed by atoms with E-state index in [9.17, 15) is 0 Å². The van der Waals surface area contributed by atoms with Crippen LogP contribution >= 0.6 is 11.3 Å². The monoisotopic (exact) mass is 182 g/mol. The number of rotatable bonds is 1. The predicted molar refractivity (Wildman–Crippen MR) is 51.3 cm³/mol. The van der Waals surface area contributed by atoms with E-state index in [2.05, 4.69) is 31.1 Å². The molecule has 0 fully saturated rings. The van der Waals surface area contributed by atoms with Crippen molar-refractivity contribution in [3.8, 4) is 0 Å². The summed E-state index contributed by atoms with van der Waals surface area (Å²) in [6.45, 7) is 7.58. The molecule has 2 rings (SSSR count). The topological polar surface area (TPSA) is 24.9 Å². The average Bonchev–Trinajstić information content (AvgIpc) is 2.43. The highest BCUT2D eigenvalue weighted by Gasteiger charge is 2.27. The molecule has 0 aliphatic carbocycles. The smallest absolute Gasteiger partial charge is 0.0901 e. The Morgan fingerprint density at radius 2 is 2.33 bits per heavy atom. The van der Waals surface area contributed by atoms with Crippen molar-refractivity contribution in [2.24, 2.45) is 5.92 Å². The van der Waals surface area contributed by atoms with E-state index in [-0.39, 0.29) is 0 Å². The van der Waals surface area contributed by atoms with Gasteiger partial charge in [-0.25, -0.2) is 4.98 Å². The van der Waals surface area contributed by atoms with Gasteiger partial charge < -0.3 is 5.32 Å². The van der Waals surface area contributed by atoms with Crippen molar-refractivity contribution in [1.29, 1.82) is 0 Å². The molecular weight excluding hydrogens is 168 g/mol. The molecule has 2 heterocycles. The van der Waals surface area contributed by atoms with E-state index in [0.717, 1.165) is 6.54 Å². The van der Waals surface area contributed by atoms with Crippen molar-refractivity contribution in [3.63, 3.8) is 0 Å². The second-order valence-corrected chi connectivity index (χ2v) is 4.93. The van der Waals surface area contributed by atoms with Crippen molar-refractivity contribution in [2.45, 2.75) is 33.4 Å². The number of hydrogen-bond acceptors (Lipinski definition) is 3. The zero-order chi connectivity index (χ0) is 8.72. The first-order chi connectivity index (χ1) is 5.68. The minimum Gasteiger partial charge on any atom is -0.303 e. The molecule has 1 aliphatic heterocycles. The molecule has 0 amide bonds. The van der Waals surface area contributed by atoms with E-state index in [4.69, 9.17) is 0 Å². The van der Waals surface area contributed by atoms with Crippen LogP contribution in [0.2, 0.25) is 0 Å². The van der Waals surface area contributed by atoms with Crippen molar-refractivity contribution in [1.82, 2.24) is 10.3 Å². The largest absolute Gasteiger partial charge is 0.303 e. The molecule has 1 aliphatic rings. The Balaban J connectivity index is 2.34. The van der Waals surface area contributed by atoms with E-state index < -0.39 is 0 Å². The summed E-state index contributed by atoms with van der Waals surface area (Å²) in [6.07, 6.45) is 0. The lowest BCUT2D eigenvalue weighted by Gasteiger charge is -2.13. The third-order valence-corrected chi connectivity index (χ3v) is 3.26. The van der Waals surface area contributed by atoms with Crippen LogP contribution in [0.25, 0.3) is 0 Å². The molecule has 1 aromatic heterocycles. The summed E-state index contributed by atoms with van der Waals surface area (Å²) < 4.78 is 0. The second kappa shape index (κ2) is 2.82. The molecule has 2 nitrogen and oxygen atoms in total. The molecule has 0 aromatic carbocycles. The number of aryl methyl sites for hydroxylation is 1. The number of nitrogens with one attached hydrogen (secondary N) is 1. The van der Waals surface area contributed by atoms with Crippen molar-refractivity contribution < 1.29 is 0 Å².